The molecular formula is C16H28N4OS. The maximum Gasteiger partial charge on any atom is 0.242 e. The minimum absolute atomic E-state index is 0.272. The number of aliphatic imine (C=N–C) groups is 1. The summed E-state index contributed by atoms with van der Waals surface area (Å²) >= 11 is 2.06. The molecule has 2 heterocycles. The second-order valence-electron chi connectivity index (χ2n) is 6.49. The van der Waals surface area contributed by atoms with Gasteiger partial charge in [0.2, 0.25) is 5.91 Å². The average molecular weight is 324 g/mol. The van der Waals surface area contributed by atoms with Gasteiger partial charge in [0.25, 0.3) is 0 Å². The van der Waals surface area contributed by atoms with Crippen molar-refractivity contribution in [3.63, 3.8) is 0 Å². The summed E-state index contributed by atoms with van der Waals surface area (Å²) in [4.78, 5) is 21.3. The first-order valence-corrected chi connectivity index (χ1v) is 9.84. The highest BCUT2D eigenvalue weighted by Gasteiger charge is 2.36. The number of hydrogen-bond acceptors (Lipinski definition) is 3. The highest BCUT2D eigenvalue weighted by molar-refractivity contribution is 7.99. The zero-order chi connectivity index (χ0) is 15.4. The smallest absolute Gasteiger partial charge is 0.242 e. The van der Waals surface area contributed by atoms with E-state index >= 15 is 0 Å². The molecule has 0 unspecified atom stereocenters. The highest BCUT2D eigenvalue weighted by atomic mass is 32.2. The molecule has 5 nitrogen and oxygen atoms in total. The molecule has 6 heteroatoms. The highest BCUT2D eigenvalue weighted by Crippen LogP contribution is 2.28. The Kier molecular flexibility index (Phi) is 5.50. The van der Waals surface area contributed by atoms with Crippen LogP contribution in [0.1, 0.15) is 32.6 Å². The minimum Gasteiger partial charge on any atom is -0.357 e. The fraction of sp³-hybridized carbons (Fsp3) is 0.875. The lowest BCUT2D eigenvalue weighted by atomic mass is 10.0. The van der Waals surface area contributed by atoms with Crippen molar-refractivity contribution in [1.29, 1.82) is 0 Å². The van der Waals surface area contributed by atoms with Crippen molar-refractivity contribution >= 4 is 23.6 Å². The fourth-order valence-electron chi connectivity index (χ4n) is 3.21. The lowest BCUT2D eigenvalue weighted by Crippen LogP contribution is -2.55. The summed E-state index contributed by atoms with van der Waals surface area (Å²) in [5.41, 5.74) is 0. The van der Waals surface area contributed by atoms with E-state index in [0.717, 1.165) is 38.1 Å². The minimum atomic E-state index is 0.272. The van der Waals surface area contributed by atoms with Gasteiger partial charge in [-0.3, -0.25) is 9.79 Å². The predicted octanol–water partition coefficient (Wildman–Crippen LogP) is 1.40. The van der Waals surface area contributed by atoms with Gasteiger partial charge in [-0.2, -0.15) is 11.8 Å². The largest absolute Gasteiger partial charge is 0.357 e. The maximum atomic E-state index is 12.3. The van der Waals surface area contributed by atoms with E-state index in [9.17, 15) is 4.79 Å². The van der Waals surface area contributed by atoms with Crippen molar-refractivity contribution in [3.05, 3.63) is 0 Å². The molecule has 0 atom stereocenters. The number of carbonyl (C=O) groups excluding carboxylic acids is 1. The molecule has 3 aliphatic rings. The third kappa shape index (κ3) is 4.09. The molecule has 1 aliphatic carbocycles. The van der Waals surface area contributed by atoms with Gasteiger partial charge in [-0.25, -0.2) is 0 Å². The number of rotatable bonds is 4. The van der Waals surface area contributed by atoms with E-state index in [0.29, 0.717) is 12.6 Å². The van der Waals surface area contributed by atoms with Crippen LogP contribution in [0.3, 0.4) is 0 Å². The van der Waals surface area contributed by atoms with Crippen molar-refractivity contribution in [2.45, 2.75) is 38.6 Å². The average Bonchev–Trinajstić information content (AvgIpc) is 3.37. The van der Waals surface area contributed by atoms with Crippen LogP contribution in [-0.2, 0) is 4.79 Å². The first-order valence-electron chi connectivity index (χ1n) is 8.68. The van der Waals surface area contributed by atoms with E-state index in [-0.39, 0.29) is 5.91 Å². The predicted molar refractivity (Wildman–Crippen MR) is 92.3 cm³/mol. The van der Waals surface area contributed by atoms with Crippen molar-refractivity contribution < 1.29 is 4.79 Å². The van der Waals surface area contributed by atoms with Crippen LogP contribution in [-0.4, -0.2) is 71.9 Å². The van der Waals surface area contributed by atoms with Crippen LogP contribution in [0.2, 0.25) is 0 Å². The van der Waals surface area contributed by atoms with Gasteiger partial charge in [0.1, 0.15) is 0 Å². The quantitative estimate of drug-likeness (QED) is 0.627. The van der Waals surface area contributed by atoms with Crippen LogP contribution < -0.4 is 5.32 Å². The van der Waals surface area contributed by atoms with Crippen LogP contribution >= 0.6 is 11.8 Å². The molecule has 0 aromatic rings. The van der Waals surface area contributed by atoms with Crippen LogP contribution in [0.15, 0.2) is 4.99 Å². The number of thioether (sulfide) groups is 1. The van der Waals surface area contributed by atoms with Gasteiger partial charge in [-0.1, -0.05) is 0 Å². The Hall–Kier alpha value is -0.910. The zero-order valence-electron chi connectivity index (χ0n) is 13.6. The summed E-state index contributed by atoms with van der Waals surface area (Å²) < 4.78 is 0. The molecule has 0 aromatic carbocycles. The Bertz CT molecular complexity index is 418. The topological polar surface area (TPSA) is 47.9 Å². The Labute approximate surface area is 137 Å². The lowest BCUT2D eigenvalue weighted by Gasteiger charge is -2.36. The molecule has 0 bridgehead atoms. The zero-order valence-corrected chi connectivity index (χ0v) is 14.4. The van der Waals surface area contributed by atoms with Gasteiger partial charge in [-0.15, -0.1) is 0 Å². The fourth-order valence-corrected chi connectivity index (χ4v) is 4.41. The monoisotopic (exact) mass is 324 g/mol. The summed E-state index contributed by atoms with van der Waals surface area (Å²) in [6.07, 6.45) is 4.95. The second-order valence-corrected chi connectivity index (χ2v) is 7.71. The molecular weight excluding hydrogens is 296 g/mol. The van der Waals surface area contributed by atoms with Gasteiger partial charge < -0.3 is 15.1 Å². The summed E-state index contributed by atoms with van der Waals surface area (Å²) in [7, 11) is 0. The molecule has 3 fully saturated rings. The van der Waals surface area contributed by atoms with E-state index < -0.39 is 0 Å². The molecule has 1 amide bonds. The summed E-state index contributed by atoms with van der Waals surface area (Å²) in [6.45, 7) is 6.11. The van der Waals surface area contributed by atoms with Crippen LogP contribution in [0.25, 0.3) is 0 Å². The van der Waals surface area contributed by atoms with Crippen LogP contribution in [0.4, 0.5) is 0 Å². The maximum absolute atomic E-state index is 12.3. The van der Waals surface area contributed by atoms with E-state index in [2.05, 4.69) is 33.8 Å². The lowest BCUT2D eigenvalue weighted by molar-refractivity contribution is -0.135. The van der Waals surface area contributed by atoms with Gasteiger partial charge in [0, 0.05) is 32.2 Å². The summed E-state index contributed by atoms with van der Waals surface area (Å²) in [5.74, 6) is 4.47. The van der Waals surface area contributed by atoms with Gasteiger partial charge in [0.05, 0.1) is 6.54 Å². The molecule has 2 saturated heterocycles. The Morgan fingerprint density at radius 3 is 2.68 bits per heavy atom. The number of piperazine rings is 1. The number of carbonyl (C=O) groups is 1. The van der Waals surface area contributed by atoms with Crippen molar-refractivity contribution in [1.82, 2.24) is 15.1 Å². The SMILES string of the molecule is CCNC(=NCC1CCSCC1)N1CCN(C2CC2)C(=O)C1. The summed E-state index contributed by atoms with van der Waals surface area (Å²) in [5, 5.41) is 3.37. The van der Waals surface area contributed by atoms with E-state index in [1.165, 1.54) is 37.2 Å². The van der Waals surface area contributed by atoms with E-state index in [4.69, 9.17) is 4.99 Å². The summed E-state index contributed by atoms with van der Waals surface area (Å²) in [6, 6.07) is 0.536. The van der Waals surface area contributed by atoms with Gasteiger partial charge >= 0.3 is 0 Å². The Morgan fingerprint density at radius 1 is 1.27 bits per heavy atom. The molecule has 3 rings (SSSR count). The molecule has 2 aliphatic heterocycles. The molecule has 0 spiro atoms. The number of nitrogens with zero attached hydrogens (tertiary/aromatic N) is 3. The van der Waals surface area contributed by atoms with Crippen LogP contribution in [0.5, 0.6) is 0 Å². The second kappa shape index (κ2) is 7.57. The normalized spacial score (nSPS) is 24.8. The standard InChI is InChI=1S/C16H28N4OS/c1-2-17-16(18-11-13-5-9-22-10-6-13)19-7-8-20(14-3-4-14)15(21)12-19/h13-14H,2-12H2,1H3,(H,17,18). The number of amides is 1. The first-order chi connectivity index (χ1) is 10.8. The first kappa shape index (κ1) is 16.0. The van der Waals surface area contributed by atoms with Crippen molar-refractivity contribution in [3.8, 4) is 0 Å². The Morgan fingerprint density at radius 2 is 2.05 bits per heavy atom. The molecule has 1 N–H and O–H groups in total. The Balaban J connectivity index is 1.56. The van der Waals surface area contributed by atoms with Gasteiger partial charge in [0.15, 0.2) is 5.96 Å². The number of nitrogens with one attached hydrogen (secondary N) is 1. The van der Waals surface area contributed by atoms with Crippen LogP contribution in [0, 0.1) is 5.92 Å². The molecule has 1 saturated carbocycles. The third-order valence-corrected chi connectivity index (χ3v) is 5.77. The van der Waals surface area contributed by atoms with E-state index in [1.807, 2.05) is 0 Å². The van der Waals surface area contributed by atoms with E-state index in [1.54, 1.807) is 0 Å². The number of guanidine groups is 1. The van der Waals surface area contributed by atoms with Crippen molar-refractivity contribution in [2.75, 3.05) is 44.2 Å². The third-order valence-electron chi connectivity index (χ3n) is 4.72. The molecule has 124 valence electrons. The van der Waals surface area contributed by atoms with Crippen molar-refractivity contribution in [2.24, 2.45) is 10.9 Å². The number of hydrogen-bond donors (Lipinski definition) is 1. The molecule has 0 aromatic heterocycles. The van der Waals surface area contributed by atoms with Gasteiger partial charge in [-0.05, 0) is 50.0 Å². The molecule has 0 radical (unpaired) electrons. The molecule has 22 heavy (non-hydrogen) atoms.